The Labute approximate surface area is 171 Å². The van der Waals surface area contributed by atoms with Gasteiger partial charge in [0.1, 0.15) is 5.75 Å². The summed E-state index contributed by atoms with van der Waals surface area (Å²) in [5.41, 5.74) is 1.20. The Kier molecular flexibility index (Phi) is 11.6. The van der Waals surface area contributed by atoms with Gasteiger partial charge in [0, 0.05) is 26.2 Å². The lowest BCUT2D eigenvalue weighted by Crippen LogP contribution is -2.42. The molecule has 0 saturated carbocycles. The van der Waals surface area contributed by atoms with Crippen molar-refractivity contribution in [2.24, 2.45) is 16.8 Å². The summed E-state index contributed by atoms with van der Waals surface area (Å²) in [4.78, 5) is 6.98. The number of likely N-dealkylation sites (N-methyl/N-ethyl adjacent to an activating group) is 1. The van der Waals surface area contributed by atoms with Gasteiger partial charge in [-0.25, -0.2) is 0 Å². The molecule has 0 fully saturated rings. The molecule has 0 radical (unpaired) electrons. The van der Waals surface area contributed by atoms with Crippen LogP contribution in [0, 0.1) is 11.8 Å². The van der Waals surface area contributed by atoms with Gasteiger partial charge in [-0.3, -0.25) is 4.99 Å². The molecule has 0 aliphatic heterocycles. The van der Waals surface area contributed by atoms with Crippen molar-refractivity contribution in [1.82, 2.24) is 15.5 Å². The third-order valence-corrected chi connectivity index (χ3v) is 4.76. The normalized spacial score (nSPS) is 14.2. The Morgan fingerprint density at radius 2 is 2.00 bits per heavy atom. The summed E-state index contributed by atoms with van der Waals surface area (Å²) in [6.45, 7) is 8.99. The van der Waals surface area contributed by atoms with Crippen molar-refractivity contribution in [2.45, 2.75) is 39.7 Å². The molecule has 1 aromatic carbocycles. The lowest BCUT2D eigenvalue weighted by molar-refractivity contribution is 0.245. The molecule has 0 saturated heterocycles. The maximum atomic E-state index is 9.33. The molecule has 0 spiro atoms. The number of nitrogens with zero attached hydrogens (tertiary/aromatic N) is 2. The highest BCUT2D eigenvalue weighted by atomic mass is 16.5. The topological polar surface area (TPSA) is 69.1 Å². The molecule has 6 nitrogen and oxygen atoms in total. The van der Waals surface area contributed by atoms with Crippen molar-refractivity contribution >= 4 is 5.96 Å². The summed E-state index contributed by atoms with van der Waals surface area (Å²) in [6.07, 6.45) is 1.87. The molecule has 0 aliphatic rings. The molecule has 0 aliphatic carbocycles. The van der Waals surface area contributed by atoms with Gasteiger partial charge in [-0.15, -0.1) is 0 Å². The summed E-state index contributed by atoms with van der Waals surface area (Å²) in [5, 5.41) is 16.1. The standard InChI is InChI=1S/C22H40N4O2/c1-7-23-22(24-15-18(11-12-27)13-17(2)3)25-16-21(26(4)5)19-9-8-10-20(14-19)28-6/h8-10,14,17-18,21,27H,7,11-13,15-16H2,1-6H3,(H2,23,24,25). The van der Waals surface area contributed by atoms with Gasteiger partial charge in [0.25, 0.3) is 0 Å². The van der Waals surface area contributed by atoms with E-state index < -0.39 is 0 Å². The van der Waals surface area contributed by atoms with Gasteiger partial charge in [0.2, 0.25) is 0 Å². The number of nitrogens with one attached hydrogen (secondary N) is 2. The first-order valence-electron chi connectivity index (χ1n) is 10.3. The van der Waals surface area contributed by atoms with Crippen LogP contribution in [0.2, 0.25) is 0 Å². The third kappa shape index (κ3) is 8.93. The number of methoxy groups -OCH3 is 1. The predicted molar refractivity (Wildman–Crippen MR) is 118 cm³/mol. The highest BCUT2D eigenvalue weighted by Gasteiger charge is 2.16. The highest BCUT2D eigenvalue weighted by Crippen LogP contribution is 2.22. The summed E-state index contributed by atoms with van der Waals surface area (Å²) in [5.74, 6) is 2.70. The van der Waals surface area contributed by atoms with Crippen LogP contribution in [0.4, 0.5) is 0 Å². The molecule has 28 heavy (non-hydrogen) atoms. The second-order valence-corrected chi connectivity index (χ2v) is 7.86. The fourth-order valence-electron chi connectivity index (χ4n) is 3.34. The molecule has 2 unspecified atom stereocenters. The SMILES string of the molecule is CCNC(=NCC(CCO)CC(C)C)NCC(c1cccc(OC)c1)N(C)C. The van der Waals surface area contributed by atoms with Gasteiger partial charge in [0.15, 0.2) is 5.96 Å². The quantitative estimate of drug-likeness (QED) is 0.377. The second-order valence-electron chi connectivity index (χ2n) is 7.86. The molecular weight excluding hydrogens is 352 g/mol. The fourth-order valence-corrected chi connectivity index (χ4v) is 3.34. The van der Waals surface area contributed by atoms with Gasteiger partial charge in [0.05, 0.1) is 13.2 Å². The first-order chi connectivity index (χ1) is 13.4. The van der Waals surface area contributed by atoms with Gasteiger partial charge < -0.3 is 25.4 Å². The molecule has 160 valence electrons. The Hall–Kier alpha value is -1.79. The number of aliphatic hydroxyl groups excluding tert-OH is 1. The monoisotopic (exact) mass is 392 g/mol. The van der Waals surface area contributed by atoms with Crippen LogP contribution in [-0.4, -0.2) is 63.4 Å². The largest absolute Gasteiger partial charge is 0.497 e. The molecule has 0 bridgehead atoms. The molecule has 1 aromatic rings. The fraction of sp³-hybridized carbons (Fsp3) is 0.682. The van der Waals surface area contributed by atoms with E-state index in [0.717, 1.165) is 44.2 Å². The number of aliphatic imine (C=N–C) groups is 1. The van der Waals surface area contributed by atoms with E-state index in [-0.39, 0.29) is 12.6 Å². The smallest absolute Gasteiger partial charge is 0.191 e. The van der Waals surface area contributed by atoms with Gasteiger partial charge in [-0.1, -0.05) is 26.0 Å². The number of hydrogen-bond acceptors (Lipinski definition) is 4. The molecule has 0 aromatic heterocycles. The van der Waals surface area contributed by atoms with Gasteiger partial charge in [-0.05, 0) is 63.4 Å². The number of hydrogen-bond donors (Lipinski definition) is 3. The zero-order chi connectivity index (χ0) is 20.9. The highest BCUT2D eigenvalue weighted by molar-refractivity contribution is 5.79. The number of rotatable bonds is 12. The van der Waals surface area contributed by atoms with Crippen molar-refractivity contribution in [3.8, 4) is 5.75 Å². The molecule has 1 rings (SSSR count). The minimum atomic E-state index is 0.197. The Morgan fingerprint density at radius 3 is 2.57 bits per heavy atom. The zero-order valence-electron chi connectivity index (χ0n) is 18.5. The van der Waals surface area contributed by atoms with E-state index in [1.807, 2.05) is 12.1 Å². The summed E-state index contributed by atoms with van der Waals surface area (Å²) < 4.78 is 5.37. The number of guanidine groups is 1. The first kappa shape index (κ1) is 24.2. The van der Waals surface area contributed by atoms with Crippen LogP contribution in [0.5, 0.6) is 5.75 Å². The average molecular weight is 393 g/mol. The van der Waals surface area contributed by atoms with E-state index in [2.05, 4.69) is 62.5 Å². The molecule has 3 N–H and O–H groups in total. The van der Waals surface area contributed by atoms with Crippen molar-refractivity contribution in [1.29, 1.82) is 0 Å². The van der Waals surface area contributed by atoms with Crippen LogP contribution in [-0.2, 0) is 0 Å². The molecule has 2 atom stereocenters. The minimum absolute atomic E-state index is 0.197. The Bertz CT molecular complexity index is 575. The van der Waals surface area contributed by atoms with Crippen LogP contribution in [0.15, 0.2) is 29.3 Å². The lowest BCUT2D eigenvalue weighted by Gasteiger charge is -2.26. The number of benzene rings is 1. The second kappa shape index (κ2) is 13.4. The van der Waals surface area contributed by atoms with Crippen molar-refractivity contribution < 1.29 is 9.84 Å². The lowest BCUT2D eigenvalue weighted by atomic mass is 9.94. The van der Waals surface area contributed by atoms with Gasteiger partial charge in [-0.2, -0.15) is 0 Å². The number of aliphatic hydroxyl groups is 1. The van der Waals surface area contributed by atoms with E-state index in [0.29, 0.717) is 11.8 Å². The van der Waals surface area contributed by atoms with Crippen LogP contribution in [0.25, 0.3) is 0 Å². The maximum Gasteiger partial charge on any atom is 0.191 e. The van der Waals surface area contributed by atoms with E-state index in [1.165, 1.54) is 5.56 Å². The maximum absolute atomic E-state index is 9.33. The van der Waals surface area contributed by atoms with Crippen molar-refractivity contribution in [3.63, 3.8) is 0 Å². The van der Waals surface area contributed by atoms with Gasteiger partial charge >= 0.3 is 0 Å². The van der Waals surface area contributed by atoms with E-state index in [4.69, 9.17) is 9.73 Å². The predicted octanol–water partition coefficient (Wildman–Crippen LogP) is 2.90. The zero-order valence-corrected chi connectivity index (χ0v) is 18.5. The number of ether oxygens (including phenoxy) is 1. The first-order valence-corrected chi connectivity index (χ1v) is 10.3. The Morgan fingerprint density at radius 1 is 1.25 bits per heavy atom. The van der Waals surface area contributed by atoms with Crippen LogP contribution >= 0.6 is 0 Å². The summed E-state index contributed by atoms with van der Waals surface area (Å²) in [7, 11) is 5.85. The van der Waals surface area contributed by atoms with Crippen LogP contribution in [0.3, 0.4) is 0 Å². The van der Waals surface area contributed by atoms with Crippen molar-refractivity contribution in [3.05, 3.63) is 29.8 Å². The molecule has 6 heteroatoms. The molecule has 0 amide bonds. The molecular formula is C22H40N4O2. The van der Waals surface area contributed by atoms with Crippen LogP contribution < -0.4 is 15.4 Å². The van der Waals surface area contributed by atoms with E-state index in [9.17, 15) is 5.11 Å². The summed E-state index contributed by atoms with van der Waals surface area (Å²) in [6, 6.07) is 8.39. The van der Waals surface area contributed by atoms with Crippen molar-refractivity contribution in [2.75, 3.05) is 47.4 Å². The van der Waals surface area contributed by atoms with E-state index in [1.54, 1.807) is 7.11 Å². The average Bonchev–Trinajstić information content (AvgIpc) is 2.65. The summed E-state index contributed by atoms with van der Waals surface area (Å²) >= 11 is 0. The van der Waals surface area contributed by atoms with Crippen LogP contribution in [0.1, 0.15) is 45.2 Å². The Balaban J connectivity index is 2.81. The molecule has 0 heterocycles. The minimum Gasteiger partial charge on any atom is -0.497 e. The van der Waals surface area contributed by atoms with E-state index >= 15 is 0 Å². The third-order valence-electron chi connectivity index (χ3n) is 4.76.